The van der Waals surface area contributed by atoms with Crippen molar-refractivity contribution in [3.8, 4) is 0 Å². The first kappa shape index (κ1) is 16.0. The summed E-state index contributed by atoms with van der Waals surface area (Å²) in [5, 5.41) is 3.34. The molecule has 1 heterocycles. The second-order valence-corrected chi connectivity index (χ2v) is 6.10. The van der Waals surface area contributed by atoms with Crippen LogP contribution in [0.25, 0.3) is 0 Å². The summed E-state index contributed by atoms with van der Waals surface area (Å²) in [7, 11) is 1.89. The van der Waals surface area contributed by atoms with E-state index in [1.165, 1.54) is 5.56 Å². The first-order valence-electron chi connectivity index (χ1n) is 7.86. The molecule has 116 valence electrons. The van der Waals surface area contributed by atoms with Crippen molar-refractivity contribution in [3.05, 3.63) is 35.4 Å². The number of likely N-dealkylation sites (N-methyl/N-ethyl adjacent to an activating group) is 1. The van der Waals surface area contributed by atoms with Crippen LogP contribution in [-0.4, -0.2) is 62.0 Å². The lowest BCUT2D eigenvalue weighted by Gasteiger charge is -2.29. The summed E-state index contributed by atoms with van der Waals surface area (Å²) in [5.74, 6) is 0.611. The number of benzene rings is 1. The summed E-state index contributed by atoms with van der Waals surface area (Å²) in [4.78, 5) is 16.6. The van der Waals surface area contributed by atoms with Crippen molar-refractivity contribution in [1.82, 2.24) is 15.1 Å². The number of hydrogen-bond donors (Lipinski definition) is 1. The molecule has 0 saturated carbocycles. The van der Waals surface area contributed by atoms with Crippen LogP contribution in [0.2, 0.25) is 0 Å². The van der Waals surface area contributed by atoms with E-state index in [-0.39, 0.29) is 5.91 Å². The quantitative estimate of drug-likeness (QED) is 0.897. The van der Waals surface area contributed by atoms with Crippen molar-refractivity contribution in [2.45, 2.75) is 19.8 Å². The number of nitrogens with one attached hydrogen (secondary N) is 1. The minimum atomic E-state index is 0.112. The normalized spacial score (nSPS) is 16.2. The predicted molar refractivity (Wildman–Crippen MR) is 86.8 cm³/mol. The maximum Gasteiger partial charge on any atom is 0.253 e. The predicted octanol–water partition coefficient (Wildman–Crippen LogP) is 1.79. The number of hydrogen-bond acceptors (Lipinski definition) is 3. The monoisotopic (exact) mass is 289 g/mol. The van der Waals surface area contributed by atoms with Crippen LogP contribution < -0.4 is 5.32 Å². The van der Waals surface area contributed by atoms with E-state index in [1.54, 1.807) is 0 Å². The molecule has 1 aliphatic heterocycles. The molecule has 21 heavy (non-hydrogen) atoms. The molecule has 1 amide bonds. The maximum atomic E-state index is 12.4. The van der Waals surface area contributed by atoms with E-state index < -0.39 is 0 Å². The Morgan fingerprint density at radius 1 is 1.24 bits per heavy atom. The van der Waals surface area contributed by atoms with Crippen LogP contribution in [0.3, 0.4) is 0 Å². The fourth-order valence-electron chi connectivity index (χ4n) is 2.56. The highest BCUT2D eigenvalue weighted by Crippen LogP contribution is 2.15. The van der Waals surface area contributed by atoms with Gasteiger partial charge in [0.2, 0.25) is 0 Å². The largest absolute Gasteiger partial charge is 0.340 e. The average Bonchev–Trinajstić information content (AvgIpc) is 2.53. The average molecular weight is 289 g/mol. The smallest absolute Gasteiger partial charge is 0.253 e. The second kappa shape index (κ2) is 7.57. The number of carbonyl (C=O) groups is 1. The summed E-state index contributed by atoms with van der Waals surface area (Å²) >= 11 is 0. The molecule has 1 aromatic carbocycles. The van der Waals surface area contributed by atoms with Crippen LogP contribution in [0.1, 0.15) is 35.7 Å². The third-order valence-electron chi connectivity index (χ3n) is 4.13. The van der Waals surface area contributed by atoms with Gasteiger partial charge in [0.05, 0.1) is 0 Å². The molecule has 0 aromatic heterocycles. The first-order chi connectivity index (χ1) is 10.1. The van der Waals surface area contributed by atoms with Crippen LogP contribution in [0.15, 0.2) is 24.3 Å². The zero-order valence-corrected chi connectivity index (χ0v) is 13.4. The van der Waals surface area contributed by atoms with Crippen molar-refractivity contribution >= 4 is 5.91 Å². The Balaban J connectivity index is 1.86. The fraction of sp³-hybridized carbons (Fsp3) is 0.588. The lowest BCUT2D eigenvalue weighted by molar-refractivity contribution is 0.0775. The Kier molecular flexibility index (Phi) is 5.76. The molecule has 0 atom stereocenters. The van der Waals surface area contributed by atoms with Crippen molar-refractivity contribution in [2.75, 3.05) is 46.3 Å². The molecule has 2 rings (SSSR count). The van der Waals surface area contributed by atoms with Crippen LogP contribution in [-0.2, 0) is 0 Å². The molecular formula is C17H27N3O. The minimum absolute atomic E-state index is 0.112. The third kappa shape index (κ3) is 4.55. The highest BCUT2D eigenvalue weighted by molar-refractivity contribution is 5.94. The molecule has 0 spiro atoms. The molecule has 1 fully saturated rings. The SMILES string of the molecule is CC(C)c1ccc(C(=O)N(C)CCN2CCNCC2)cc1. The van der Waals surface area contributed by atoms with Gasteiger partial charge in [0.15, 0.2) is 0 Å². The van der Waals surface area contributed by atoms with Crippen LogP contribution in [0, 0.1) is 0 Å². The summed E-state index contributed by atoms with van der Waals surface area (Å²) in [6.07, 6.45) is 0. The molecule has 1 saturated heterocycles. The Bertz CT molecular complexity index is 450. The van der Waals surface area contributed by atoms with E-state index in [0.29, 0.717) is 5.92 Å². The van der Waals surface area contributed by atoms with E-state index in [9.17, 15) is 4.79 Å². The van der Waals surface area contributed by atoms with Crippen LogP contribution in [0.5, 0.6) is 0 Å². The van der Waals surface area contributed by atoms with E-state index in [4.69, 9.17) is 0 Å². The van der Waals surface area contributed by atoms with Crippen molar-refractivity contribution in [2.24, 2.45) is 0 Å². The molecule has 0 bridgehead atoms. The van der Waals surface area contributed by atoms with Gasteiger partial charge in [-0.1, -0.05) is 26.0 Å². The lowest BCUT2D eigenvalue weighted by atomic mass is 10.0. The molecule has 1 aliphatic rings. The molecule has 1 aromatic rings. The van der Waals surface area contributed by atoms with Crippen LogP contribution in [0.4, 0.5) is 0 Å². The van der Waals surface area contributed by atoms with Gasteiger partial charge in [-0.3, -0.25) is 9.69 Å². The highest BCUT2D eigenvalue weighted by Gasteiger charge is 2.14. The second-order valence-electron chi connectivity index (χ2n) is 6.10. The number of piperazine rings is 1. The molecule has 4 nitrogen and oxygen atoms in total. The number of amides is 1. The first-order valence-corrected chi connectivity index (χ1v) is 7.86. The van der Waals surface area contributed by atoms with Crippen molar-refractivity contribution < 1.29 is 4.79 Å². The maximum absolute atomic E-state index is 12.4. The van der Waals surface area contributed by atoms with Gasteiger partial charge in [0.1, 0.15) is 0 Å². The Morgan fingerprint density at radius 2 is 1.86 bits per heavy atom. The summed E-state index contributed by atoms with van der Waals surface area (Å²) in [6, 6.07) is 8.00. The molecule has 1 N–H and O–H groups in total. The Labute approximate surface area is 128 Å². The van der Waals surface area contributed by atoms with Gasteiger partial charge in [-0.25, -0.2) is 0 Å². The number of nitrogens with zero attached hydrogens (tertiary/aromatic N) is 2. The minimum Gasteiger partial charge on any atom is -0.340 e. The number of carbonyl (C=O) groups excluding carboxylic acids is 1. The van der Waals surface area contributed by atoms with Gasteiger partial charge >= 0.3 is 0 Å². The van der Waals surface area contributed by atoms with Gasteiger partial charge < -0.3 is 10.2 Å². The van der Waals surface area contributed by atoms with Gasteiger partial charge in [0, 0.05) is 51.9 Å². The third-order valence-corrected chi connectivity index (χ3v) is 4.13. The Hall–Kier alpha value is -1.39. The van der Waals surface area contributed by atoms with E-state index >= 15 is 0 Å². The molecular weight excluding hydrogens is 262 g/mol. The topological polar surface area (TPSA) is 35.6 Å². The van der Waals surface area contributed by atoms with E-state index in [0.717, 1.165) is 44.8 Å². The van der Waals surface area contributed by atoms with Gasteiger partial charge in [-0.2, -0.15) is 0 Å². The lowest BCUT2D eigenvalue weighted by Crippen LogP contribution is -2.46. The number of rotatable bonds is 5. The van der Waals surface area contributed by atoms with Crippen LogP contribution >= 0.6 is 0 Å². The summed E-state index contributed by atoms with van der Waals surface area (Å²) in [6.45, 7) is 10.3. The summed E-state index contributed by atoms with van der Waals surface area (Å²) < 4.78 is 0. The van der Waals surface area contributed by atoms with Crippen molar-refractivity contribution in [3.63, 3.8) is 0 Å². The fourth-order valence-corrected chi connectivity index (χ4v) is 2.56. The van der Waals surface area contributed by atoms with E-state index in [1.807, 2.05) is 24.1 Å². The highest BCUT2D eigenvalue weighted by atomic mass is 16.2. The zero-order valence-electron chi connectivity index (χ0n) is 13.4. The molecule has 4 heteroatoms. The standard InChI is InChI=1S/C17H27N3O/c1-14(2)15-4-6-16(7-5-15)17(21)19(3)12-13-20-10-8-18-9-11-20/h4-7,14,18H,8-13H2,1-3H3. The van der Waals surface area contributed by atoms with E-state index in [2.05, 4.69) is 36.2 Å². The molecule has 0 unspecified atom stereocenters. The molecule has 0 radical (unpaired) electrons. The molecule has 0 aliphatic carbocycles. The zero-order chi connectivity index (χ0) is 15.2. The Morgan fingerprint density at radius 3 is 2.43 bits per heavy atom. The van der Waals surface area contributed by atoms with Gasteiger partial charge in [0.25, 0.3) is 5.91 Å². The van der Waals surface area contributed by atoms with Gasteiger partial charge in [-0.15, -0.1) is 0 Å². The summed E-state index contributed by atoms with van der Waals surface area (Å²) in [5.41, 5.74) is 2.05. The van der Waals surface area contributed by atoms with Gasteiger partial charge in [-0.05, 0) is 23.6 Å². The van der Waals surface area contributed by atoms with Crippen molar-refractivity contribution in [1.29, 1.82) is 0 Å².